The van der Waals surface area contributed by atoms with Crippen molar-refractivity contribution >= 4 is 127 Å². The van der Waals surface area contributed by atoms with Crippen LogP contribution in [0.5, 0.6) is 11.8 Å². The van der Waals surface area contributed by atoms with E-state index in [1.807, 2.05) is 0 Å². The molecule has 0 radical (unpaired) electrons. The third-order valence-electron chi connectivity index (χ3n) is 9.93. The molecule has 4 amide bonds. The van der Waals surface area contributed by atoms with Gasteiger partial charge in [0.2, 0.25) is 0 Å². The van der Waals surface area contributed by atoms with Gasteiger partial charge in [0.05, 0.1) is 35.1 Å². The number of β-lactam (4-membered cyclic amide) rings is 2. The van der Waals surface area contributed by atoms with Crippen LogP contribution in [0.25, 0.3) is 0 Å². The van der Waals surface area contributed by atoms with E-state index >= 15 is 0 Å². The van der Waals surface area contributed by atoms with Crippen LogP contribution in [0.3, 0.4) is 0 Å². The molecule has 4 aliphatic heterocycles. The number of carbonyl (C=O) groups excluding carboxylic acids is 6. The Balaban J connectivity index is -0.000000431. The molecule has 4 aromatic heterocycles. The van der Waals surface area contributed by atoms with Crippen molar-refractivity contribution in [1.29, 1.82) is 0 Å². The maximum absolute atomic E-state index is 12.9. The number of thioether (sulfide) groups is 4. The molecule has 37 nitrogen and oxygen atoms in total. The standard InChI is InChI=1S/2C18H18N8O7S3.4Na.7H2O/c2*1-25-18(22-12(28)13(29)23-25)36-4-6-3-34-15-9(14(30)26(15)10(6)16(31)32)21-11(27)8(24-33-2)7-5-35-17(19)20-7;;;;;;;;;;;/h2*5,9,15H,3-4H2,1-2H3,(H2,19,20)(H,21,27)(H,23,29)(H,31,32);;;;;7*1H2/q;;4*+1;;;;;;;/p-4. The number of aryl methyl sites for hydroxylation is 2. The van der Waals surface area contributed by atoms with Gasteiger partial charge in [0.1, 0.15) is 48.4 Å². The molecule has 2 saturated heterocycles. The molecule has 2 fully saturated rings. The number of rotatable bonds is 16. The monoisotopic (exact) mass is 1320 g/mol. The van der Waals surface area contributed by atoms with Crippen LogP contribution < -0.4 is 172 Å². The summed E-state index contributed by atoms with van der Waals surface area (Å²) < 4.78 is 2.23. The van der Waals surface area contributed by atoms with Gasteiger partial charge in [0.15, 0.2) is 32.0 Å². The Kier molecular flexibility index (Phi) is 41.0. The minimum Gasteiger partial charge on any atom is -0.854 e. The van der Waals surface area contributed by atoms with Gasteiger partial charge in [-0.2, -0.15) is 20.2 Å². The summed E-state index contributed by atoms with van der Waals surface area (Å²) in [6, 6.07) is -2.05. The largest absolute Gasteiger partial charge is 1.00 e. The van der Waals surface area contributed by atoms with E-state index in [-0.39, 0.29) is 234 Å². The molecule has 4 aliphatic rings. The van der Waals surface area contributed by atoms with E-state index in [4.69, 9.17) is 21.1 Å². The van der Waals surface area contributed by atoms with Gasteiger partial charge >= 0.3 is 118 Å². The van der Waals surface area contributed by atoms with Gasteiger partial charge in [-0.05, 0) is 11.1 Å². The molecule has 4 aromatic rings. The third kappa shape index (κ3) is 19.7. The summed E-state index contributed by atoms with van der Waals surface area (Å²) >= 11 is 6.61. The van der Waals surface area contributed by atoms with Crippen molar-refractivity contribution < 1.29 is 215 Å². The normalized spacial score (nSPS) is 17.0. The Bertz CT molecular complexity index is 2980. The molecule has 0 aliphatic carbocycles. The quantitative estimate of drug-likeness (QED) is 0.0266. The van der Waals surface area contributed by atoms with E-state index in [1.165, 1.54) is 62.6 Å². The number of hydrogen-bond acceptors (Lipinski definition) is 30. The number of carboxylic acids is 2. The molecule has 83 heavy (non-hydrogen) atoms. The van der Waals surface area contributed by atoms with E-state index in [1.54, 1.807) is 0 Å². The molecule has 0 spiro atoms. The molecule has 4 atom stereocenters. The number of anilines is 2. The summed E-state index contributed by atoms with van der Waals surface area (Å²) in [5.74, 6) is -7.48. The summed E-state index contributed by atoms with van der Waals surface area (Å²) in [4.78, 5) is 125. The molecule has 8 rings (SSSR count). The molecule has 0 aromatic carbocycles. The smallest absolute Gasteiger partial charge is 0.854 e. The van der Waals surface area contributed by atoms with Crippen LogP contribution in [-0.4, -0.2) is 195 Å². The number of amides is 4. The molecule has 20 N–H and O–H groups in total. The van der Waals surface area contributed by atoms with Crippen LogP contribution >= 0.6 is 69.7 Å². The van der Waals surface area contributed by atoms with Gasteiger partial charge in [0, 0.05) is 47.9 Å². The number of oxime groups is 2. The van der Waals surface area contributed by atoms with Crippen molar-refractivity contribution in [2.75, 3.05) is 48.7 Å². The summed E-state index contributed by atoms with van der Waals surface area (Å²) in [5, 5.41) is 68.2. The minimum atomic E-state index is -1.57. The van der Waals surface area contributed by atoms with Crippen LogP contribution in [0.1, 0.15) is 11.4 Å². The van der Waals surface area contributed by atoms with Gasteiger partial charge in [-0.25, -0.2) is 19.3 Å². The SMILES string of the molecule is CON=C(C(=O)NC1C(=O)N2C(C(=O)[O-])=C(CSc3nc(=O)c([O-])nn3C)CSC12)c1csc(N)n1.CON=C(C(=O)NC1C(=O)N2C(C(=O)[O-])=C(CSc3nc(=O)c([O-])nn3C)CSC12)c1csc(N)n1.O.O.O.O.O.O.O.[Na+].[Na+].[Na+].[Na+]. The Hall–Kier alpha value is -3.56. The first-order valence-corrected chi connectivity index (χ1v) is 25.6. The number of aliphatic carboxylic acids is 2. The van der Waals surface area contributed by atoms with E-state index in [9.17, 15) is 58.8 Å². The van der Waals surface area contributed by atoms with Crippen LogP contribution in [-0.2, 0) is 52.5 Å². The summed E-state index contributed by atoms with van der Waals surface area (Å²) in [7, 11) is 5.32. The Morgan fingerprint density at radius 1 is 0.627 bits per heavy atom. The van der Waals surface area contributed by atoms with E-state index in [0.29, 0.717) is 11.1 Å². The van der Waals surface area contributed by atoms with Crippen molar-refractivity contribution in [2.45, 2.75) is 33.1 Å². The fourth-order valence-corrected chi connectivity index (χ4v) is 12.7. The number of nitrogen functional groups attached to an aromatic ring is 2. The molecule has 0 saturated carbocycles. The maximum atomic E-state index is 12.9. The molecule has 47 heteroatoms. The Morgan fingerprint density at radius 3 is 1.23 bits per heavy atom. The average molecular weight is 1320 g/mol. The zero-order chi connectivity index (χ0) is 52.3. The topological polar surface area (TPSA) is 662 Å². The molecule has 0 bridgehead atoms. The van der Waals surface area contributed by atoms with Gasteiger partial charge in [-0.15, -0.1) is 46.2 Å². The number of carboxylic acid groups (broad SMARTS) is 2. The number of nitrogens with one attached hydrogen (secondary N) is 2. The number of thiazole rings is 2. The summed E-state index contributed by atoms with van der Waals surface area (Å²) in [5.41, 5.74) is 9.14. The second-order valence-corrected chi connectivity index (χ2v) is 20.3. The van der Waals surface area contributed by atoms with Gasteiger partial charge in [-0.3, -0.25) is 38.6 Å². The van der Waals surface area contributed by atoms with Gasteiger partial charge in [0.25, 0.3) is 34.7 Å². The first kappa shape index (κ1) is 88.2. The summed E-state index contributed by atoms with van der Waals surface area (Å²) in [6.07, 6.45) is 0. The van der Waals surface area contributed by atoms with Crippen LogP contribution in [0.15, 0.2) is 63.5 Å². The van der Waals surface area contributed by atoms with Crippen molar-refractivity contribution in [3.05, 3.63) is 65.4 Å². The first-order chi connectivity index (χ1) is 34.2. The van der Waals surface area contributed by atoms with Crippen molar-refractivity contribution in [3.8, 4) is 11.8 Å². The van der Waals surface area contributed by atoms with Crippen molar-refractivity contribution in [2.24, 2.45) is 24.4 Å². The van der Waals surface area contributed by atoms with E-state index < -0.39 is 81.3 Å². The zero-order valence-electron chi connectivity index (χ0n) is 44.5. The first-order valence-electron chi connectivity index (χ1n) is 19.8. The molecule has 4 unspecified atom stereocenters. The number of hydrogen-bond donors (Lipinski definition) is 4. The molecular formula is C36H46N16Na4O21S6. The van der Waals surface area contributed by atoms with Gasteiger partial charge in [-0.1, -0.05) is 33.8 Å². The third-order valence-corrected chi connectivity index (χ3v) is 16.2. The second-order valence-electron chi connectivity index (χ2n) is 14.4. The molecule has 436 valence electrons. The van der Waals surface area contributed by atoms with Crippen LogP contribution in [0, 0.1) is 0 Å². The number of aromatic nitrogens is 8. The predicted octanol–water partition coefficient (Wildman–Crippen LogP) is -24.1. The summed E-state index contributed by atoms with van der Waals surface area (Å²) in [6.45, 7) is 0. The Morgan fingerprint density at radius 2 is 0.952 bits per heavy atom. The predicted molar refractivity (Wildman–Crippen MR) is 274 cm³/mol. The van der Waals surface area contributed by atoms with Crippen molar-refractivity contribution in [1.82, 2.24) is 59.9 Å². The minimum absolute atomic E-state index is 0. The fraction of sp³-hybridized carbons (Fsp3) is 0.333. The van der Waals surface area contributed by atoms with Crippen LogP contribution in [0.4, 0.5) is 10.3 Å². The fourth-order valence-electron chi connectivity index (χ4n) is 6.78. The van der Waals surface area contributed by atoms with E-state index in [0.717, 1.165) is 65.4 Å². The number of fused-ring (bicyclic) bond motifs is 2. The number of nitrogens with zero attached hydrogens (tertiary/aromatic N) is 12. The average Bonchev–Trinajstić information content (AvgIpc) is 3.98. The number of carbonyl (C=O) groups is 6. The van der Waals surface area contributed by atoms with E-state index in [2.05, 4.69) is 51.1 Å². The zero-order valence-corrected chi connectivity index (χ0v) is 57.4. The second kappa shape index (κ2) is 38.6. The molecular weight excluding hydrogens is 1280 g/mol. The maximum Gasteiger partial charge on any atom is 1.00 e. The molecule has 8 heterocycles. The van der Waals surface area contributed by atoms with Crippen molar-refractivity contribution in [3.63, 3.8) is 0 Å². The number of nitrogens with two attached hydrogens (primary N) is 2. The Labute approximate surface area is 579 Å². The van der Waals surface area contributed by atoms with Crippen LogP contribution in [0.2, 0.25) is 0 Å². The van der Waals surface area contributed by atoms with Gasteiger partial charge < -0.3 is 100 Å².